The van der Waals surface area contributed by atoms with Crippen molar-refractivity contribution in [1.82, 2.24) is 4.90 Å². The minimum absolute atomic E-state index is 0.0271. The fourth-order valence-electron chi connectivity index (χ4n) is 2.21. The maximum Gasteiger partial charge on any atom is 0.422 e. The van der Waals surface area contributed by atoms with Crippen LogP contribution in [0.4, 0.5) is 13.2 Å². The van der Waals surface area contributed by atoms with E-state index >= 15 is 0 Å². The molecule has 0 spiro atoms. The number of hydrogen-bond acceptors (Lipinski definition) is 4. The Morgan fingerprint density at radius 2 is 1.57 bits per heavy atom. The van der Waals surface area contributed by atoms with Gasteiger partial charge in [-0.1, -0.05) is 24.3 Å². The number of para-hydroxylation sites is 2. The van der Waals surface area contributed by atoms with E-state index in [1.165, 1.54) is 42.3 Å². The van der Waals surface area contributed by atoms with Crippen molar-refractivity contribution >= 4 is 11.9 Å². The third-order valence-corrected chi connectivity index (χ3v) is 3.64. The lowest BCUT2D eigenvalue weighted by Gasteiger charge is -2.18. The van der Waals surface area contributed by atoms with E-state index < -0.39 is 31.3 Å². The summed E-state index contributed by atoms with van der Waals surface area (Å²) in [7, 11) is 1.53. The highest BCUT2D eigenvalue weighted by atomic mass is 19.4. The number of aromatic carboxylic acids is 1. The molecule has 0 radical (unpaired) electrons. The topological polar surface area (TPSA) is 76.1 Å². The van der Waals surface area contributed by atoms with Gasteiger partial charge in [0.1, 0.15) is 0 Å². The maximum atomic E-state index is 12.3. The van der Waals surface area contributed by atoms with Crippen LogP contribution in [0.25, 0.3) is 0 Å². The molecule has 1 N–H and O–H groups in total. The lowest BCUT2D eigenvalue weighted by molar-refractivity contribution is -0.153. The van der Waals surface area contributed by atoms with Gasteiger partial charge in [0.2, 0.25) is 0 Å². The van der Waals surface area contributed by atoms with Crippen molar-refractivity contribution in [3.8, 4) is 11.5 Å². The summed E-state index contributed by atoms with van der Waals surface area (Å²) in [6.45, 7) is -1.64. The molecule has 2 aromatic rings. The molecule has 150 valence electrons. The summed E-state index contributed by atoms with van der Waals surface area (Å²) < 4.78 is 46.9. The van der Waals surface area contributed by atoms with Crippen molar-refractivity contribution in [3.63, 3.8) is 0 Å². The molecule has 0 aliphatic carbocycles. The molecule has 9 heteroatoms. The lowest BCUT2D eigenvalue weighted by atomic mass is 10.1. The summed E-state index contributed by atoms with van der Waals surface area (Å²) in [5.41, 5.74) is 0.853. The van der Waals surface area contributed by atoms with Crippen molar-refractivity contribution in [2.45, 2.75) is 12.7 Å². The molecular weight excluding hydrogens is 379 g/mol. The van der Waals surface area contributed by atoms with Gasteiger partial charge >= 0.3 is 12.1 Å². The number of carbonyl (C=O) groups excluding carboxylic acids is 1. The number of carbonyl (C=O) groups is 2. The number of amides is 1. The molecule has 0 saturated carbocycles. The van der Waals surface area contributed by atoms with E-state index in [0.717, 1.165) is 5.56 Å². The normalized spacial score (nSPS) is 11.0. The number of ether oxygens (including phenoxy) is 2. The molecule has 2 aromatic carbocycles. The van der Waals surface area contributed by atoms with Crippen molar-refractivity contribution in [2.75, 3.05) is 20.3 Å². The Labute approximate surface area is 159 Å². The van der Waals surface area contributed by atoms with Gasteiger partial charge in [0, 0.05) is 13.6 Å². The van der Waals surface area contributed by atoms with Gasteiger partial charge in [0.15, 0.2) is 24.7 Å². The second-order valence-corrected chi connectivity index (χ2v) is 5.89. The standard InChI is InChI=1S/C19H18F3NO5/c1-23(10-13-6-8-14(9-7-13)18(25)26)17(24)11-27-15-4-2-3-5-16(15)28-12-19(20,21)22/h2-9H,10-12H2,1H3,(H,25,26). The van der Waals surface area contributed by atoms with E-state index in [0.29, 0.717) is 0 Å². The molecule has 0 heterocycles. The predicted octanol–water partition coefficient (Wildman–Crippen LogP) is 3.36. The molecule has 2 rings (SSSR count). The van der Waals surface area contributed by atoms with Gasteiger partial charge in [-0.2, -0.15) is 13.2 Å². The fourth-order valence-corrected chi connectivity index (χ4v) is 2.21. The van der Waals surface area contributed by atoms with Gasteiger partial charge < -0.3 is 19.5 Å². The van der Waals surface area contributed by atoms with Crippen LogP contribution in [-0.2, 0) is 11.3 Å². The summed E-state index contributed by atoms with van der Waals surface area (Å²) in [5.74, 6) is -1.54. The molecule has 0 aromatic heterocycles. The number of halogens is 3. The van der Waals surface area contributed by atoms with Crippen molar-refractivity contribution < 1.29 is 37.3 Å². The number of hydrogen-bond donors (Lipinski definition) is 1. The van der Waals surface area contributed by atoms with Crippen molar-refractivity contribution in [2.24, 2.45) is 0 Å². The molecule has 1 amide bonds. The minimum atomic E-state index is -4.49. The number of likely N-dealkylation sites (N-methyl/N-ethyl adjacent to an activating group) is 1. The van der Waals surface area contributed by atoms with Crippen LogP contribution in [0, 0.1) is 0 Å². The largest absolute Gasteiger partial charge is 0.480 e. The third-order valence-electron chi connectivity index (χ3n) is 3.64. The van der Waals surface area contributed by atoms with E-state index in [2.05, 4.69) is 0 Å². The second-order valence-electron chi connectivity index (χ2n) is 5.89. The Hall–Kier alpha value is -3.23. The molecule has 0 aliphatic heterocycles. The Balaban J connectivity index is 1.91. The minimum Gasteiger partial charge on any atom is -0.480 e. The quantitative estimate of drug-likeness (QED) is 0.739. The third kappa shape index (κ3) is 6.49. The molecule has 0 atom stereocenters. The van der Waals surface area contributed by atoms with Gasteiger partial charge in [-0.25, -0.2) is 4.79 Å². The first-order valence-corrected chi connectivity index (χ1v) is 8.13. The molecule has 0 fully saturated rings. The highest BCUT2D eigenvalue weighted by Gasteiger charge is 2.29. The number of carboxylic acid groups (broad SMARTS) is 1. The zero-order valence-electron chi connectivity index (χ0n) is 14.9. The summed E-state index contributed by atoms with van der Waals surface area (Å²) in [6, 6.07) is 11.8. The zero-order chi connectivity index (χ0) is 20.7. The molecule has 0 saturated heterocycles. The fraction of sp³-hybridized carbons (Fsp3) is 0.263. The van der Waals surface area contributed by atoms with Gasteiger partial charge in [0.25, 0.3) is 5.91 Å². The Morgan fingerprint density at radius 3 is 2.11 bits per heavy atom. The number of carboxylic acids is 1. The van der Waals surface area contributed by atoms with Crippen LogP contribution >= 0.6 is 0 Å². The first kappa shape index (κ1) is 21.1. The van der Waals surface area contributed by atoms with E-state index in [4.69, 9.17) is 14.6 Å². The Morgan fingerprint density at radius 1 is 1.00 bits per heavy atom. The van der Waals surface area contributed by atoms with E-state index in [-0.39, 0.29) is 23.6 Å². The van der Waals surface area contributed by atoms with Crippen molar-refractivity contribution in [3.05, 3.63) is 59.7 Å². The number of rotatable bonds is 8. The van der Waals surface area contributed by atoms with Gasteiger partial charge in [-0.05, 0) is 29.8 Å². The smallest absolute Gasteiger partial charge is 0.422 e. The lowest BCUT2D eigenvalue weighted by Crippen LogP contribution is -2.31. The molecular formula is C19H18F3NO5. The van der Waals surface area contributed by atoms with E-state index in [1.54, 1.807) is 18.2 Å². The zero-order valence-corrected chi connectivity index (χ0v) is 14.9. The Kier molecular flexibility index (Phi) is 6.86. The summed E-state index contributed by atoms with van der Waals surface area (Å²) in [6.07, 6.45) is -4.49. The second kappa shape index (κ2) is 9.12. The number of alkyl halides is 3. The van der Waals surface area contributed by atoms with Gasteiger partial charge in [0.05, 0.1) is 5.56 Å². The van der Waals surface area contributed by atoms with Crippen LogP contribution in [0.15, 0.2) is 48.5 Å². The van der Waals surface area contributed by atoms with Crippen molar-refractivity contribution in [1.29, 1.82) is 0 Å². The highest BCUT2D eigenvalue weighted by molar-refractivity contribution is 5.87. The monoisotopic (exact) mass is 397 g/mol. The Bertz CT molecular complexity index is 821. The van der Waals surface area contributed by atoms with Crippen LogP contribution in [0.5, 0.6) is 11.5 Å². The van der Waals surface area contributed by atoms with Crippen LogP contribution in [-0.4, -0.2) is 48.3 Å². The number of nitrogens with zero attached hydrogens (tertiary/aromatic N) is 1. The molecule has 0 bridgehead atoms. The van der Waals surface area contributed by atoms with Crippen LogP contribution in [0.3, 0.4) is 0 Å². The highest BCUT2D eigenvalue weighted by Crippen LogP contribution is 2.28. The molecule has 28 heavy (non-hydrogen) atoms. The van der Waals surface area contributed by atoms with Gasteiger partial charge in [-0.15, -0.1) is 0 Å². The molecule has 0 aliphatic rings. The van der Waals surface area contributed by atoms with E-state index in [1.807, 2.05) is 0 Å². The maximum absolute atomic E-state index is 12.3. The summed E-state index contributed by atoms with van der Waals surface area (Å²) >= 11 is 0. The number of benzene rings is 2. The van der Waals surface area contributed by atoms with Crippen LogP contribution in [0.2, 0.25) is 0 Å². The predicted molar refractivity (Wildman–Crippen MR) is 93.4 cm³/mol. The SMILES string of the molecule is CN(Cc1ccc(C(=O)O)cc1)C(=O)COc1ccccc1OCC(F)(F)F. The van der Waals surface area contributed by atoms with Crippen LogP contribution < -0.4 is 9.47 Å². The van der Waals surface area contributed by atoms with Crippen LogP contribution in [0.1, 0.15) is 15.9 Å². The summed E-state index contributed by atoms with van der Waals surface area (Å²) in [5, 5.41) is 8.88. The first-order valence-electron chi connectivity index (χ1n) is 8.13. The average Bonchev–Trinajstić information content (AvgIpc) is 2.64. The summed E-state index contributed by atoms with van der Waals surface area (Å²) in [4.78, 5) is 24.4. The van der Waals surface area contributed by atoms with Gasteiger partial charge in [-0.3, -0.25) is 4.79 Å². The molecule has 0 unspecified atom stereocenters. The van der Waals surface area contributed by atoms with E-state index in [9.17, 15) is 22.8 Å². The molecule has 6 nitrogen and oxygen atoms in total. The average molecular weight is 397 g/mol. The first-order chi connectivity index (χ1) is 13.2.